The first-order valence-corrected chi connectivity index (χ1v) is 6.28. The van der Waals surface area contributed by atoms with E-state index in [1.165, 1.54) is 5.56 Å². The molecule has 0 aliphatic carbocycles. The van der Waals surface area contributed by atoms with Gasteiger partial charge in [0, 0.05) is 25.3 Å². The van der Waals surface area contributed by atoms with E-state index in [0.29, 0.717) is 5.92 Å². The summed E-state index contributed by atoms with van der Waals surface area (Å²) in [6.07, 6.45) is 2.95. The SMILES string of the molecule is Cc1ccnc2c1[nH]c(=S)n2CC1CCOC1. The zero-order valence-corrected chi connectivity index (χ0v) is 10.6. The summed E-state index contributed by atoms with van der Waals surface area (Å²) in [5.41, 5.74) is 3.20. The van der Waals surface area contributed by atoms with Gasteiger partial charge < -0.3 is 14.3 Å². The molecule has 1 aliphatic heterocycles. The van der Waals surface area contributed by atoms with Crippen molar-refractivity contribution >= 4 is 23.4 Å². The fourth-order valence-corrected chi connectivity index (χ4v) is 2.59. The fourth-order valence-electron chi connectivity index (χ4n) is 2.33. The average molecular weight is 249 g/mol. The highest BCUT2D eigenvalue weighted by Gasteiger charge is 2.18. The third-order valence-electron chi connectivity index (χ3n) is 3.34. The van der Waals surface area contributed by atoms with E-state index in [1.54, 1.807) is 0 Å². The summed E-state index contributed by atoms with van der Waals surface area (Å²) in [5, 5.41) is 0. The van der Waals surface area contributed by atoms with Crippen molar-refractivity contribution in [2.75, 3.05) is 13.2 Å². The van der Waals surface area contributed by atoms with Gasteiger partial charge in [-0.05, 0) is 37.2 Å². The van der Waals surface area contributed by atoms with Gasteiger partial charge in [-0.2, -0.15) is 0 Å². The Labute approximate surface area is 105 Å². The van der Waals surface area contributed by atoms with Crippen LogP contribution < -0.4 is 0 Å². The van der Waals surface area contributed by atoms with Crippen LogP contribution in [-0.4, -0.2) is 27.7 Å². The Morgan fingerprint density at radius 1 is 1.65 bits per heavy atom. The molecule has 3 rings (SSSR count). The lowest BCUT2D eigenvalue weighted by Gasteiger charge is -2.08. The molecule has 5 heteroatoms. The third-order valence-corrected chi connectivity index (χ3v) is 3.66. The van der Waals surface area contributed by atoms with Crippen LogP contribution in [0.2, 0.25) is 0 Å². The molecule has 0 radical (unpaired) electrons. The maximum atomic E-state index is 5.40. The minimum Gasteiger partial charge on any atom is -0.381 e. The first kappa shape index (κ1) is 10.9. The van der Waals surface area contributed by atoms with Gasteiger partial charge >= 0.3 is 0 Å². The van der Waals surface area contributed by atoms with Crippen molar-refractivity contribution in [2.45, 2.75) is 19.9 Å². The number of hydrogen-bond donors (Lipinski definition) is 1. The van der Waals surface area contributed by atoms with Crippen LogP contribution in [0.15, 0.2) is 12.3 Å². The van der Waals surface area contributed by atoms with Gasteiger partial charge in [-0.25, -0.2) is 4.98 Å². The Bertz CT molecular complexity index is 595. The lowest BCUT2D eigenvalue weighted by Crippen LogP contribution is -2.11. The molecule has 0 amide bonds. The first-order valence-electron chi connectivity index (χ1n) is 5.87. The van der Waals surface area contributed by atoms with Crippen LogP contribution in [0, 0.1) is 17.6 Å². The topological polar surface area (TPSA) is 42.8 Å². The summed E-state index contributed by atoms with van der Waals surface area (Å²) in [6, 6.07) is 2.00. The van der Waals surface area contributed by atoms with Gasteiger partial charge in [-0.3, -0.25) is 0 Å². The van der Waals surface area contributed by atoms with Gasteiger partial charge in [0.15, 0.2) is 10.4 Å². The third kappa shape index (κ3) is 1.89. The summed E-state index contributed by atoms with van der Waals surface area (Å²) in [5.74, 6) is 0.558. The molecule has 1 fully saturated rings. The molecular weight excluding hydrogens is 234 g/mol. The molecule has 1 aliphatic rings. The number of hydrogen-bond acceptors (Lipinski definition) is 3. The first-order chi connectivity index (χ1) is 8.25. The predicted molar refractivity (Wildman–Crippen MR) is 68.6 cm³/mol. The summed E-state index contributed by atoms with van der Waals surface area (Å²) in [6.45, 7) is 4.67. The van der Waals surface area contributed by atoms with Crippen molar-refractivity contribution in [3.05, 3.63) is 22.6 Å². The minimum absolute atomic E-state index is 0.558. The molecule has 0 aromatic carbocycles. The number of imidazole rings is 1. The number of H-pyrrole nitrogens is 1. The molecule has 2 aromatic rings. The molecule has 0 bridgehead atoms. The Morgan fingerprint density at radius 2 is 2.53 bits per heavy atom. The highest BCUT2D eigenvalue weighted by atomic mass is 32.1. The van der Waals surface area contributed by atoms with Gasteiger partial charge in [0.2, 0.25) is 0 Å². The van der Waals surface area contributed by atoms with E-state index in [1.807, 2.05) is 12.3 Å². The number of ether oxygens (including phenoxy) is 1. The molecule has 90 valence electrons. The number of fused-ring (bicyclic) bond motifs is 1. The molecule has 1 unspecified atom stereocenters. The second-order valence-electron chi connectivity index (χ2n) is 4.60. The molecule has 1 atom stereocenters. The van der Waals surface area contributed by atoms with Crippen molar-refractivity contribution in [3.8, 4) is 0 Å². The van der Waals surface area contributed by atoms with Crippen molar-refractivity contribution in [3.63, 3.8) is 0 Å². The highest BCUT2D eigenvalue weighted by molar-refractivity contribution is 7.71. The molecule has 1 N–H and O–H groups in total. The molecule has 4 nitrogen and oxygen atoms in total. The lowest BCUT2D eigenvalue weighted by molar-refractivity contribution is 0.182. The summed E-state index contributed by atoms with van der Waals surface area (Å²) >= 11 is 5.37. The number of rotatable bonds is 2. The molecule has 0 spiro atoms. The number of aromatic amines is 1. The van der Waals surface area contributed by atoms with Crippen molar-refractivity contribution in [1.82, 2.24) is 14.5 Å². The Morgan fingerprint density at radius 3 is 3.29 bits per heavy atom. The average Bonchev–Trinajstić information content (AvgIpc) is 2.91. The molecule has 0 saturated carbocycles. The van der Waals surface area contributed by atoms with Crippen LogP contribution in [0.5, 0.6) is 0 Å². The van der Waals surface area contributed by atoms with Gasteiger partial charge in [-0.1, -0.05) is 0 Å². The zero-order valence-electron chi connectivity index (χ0n) is 9.77. The van der Waals surface area contributed by atoms with E-state index in [2.05, 4.69) is 21.5 Å². The van der Waals surface area contributed by atoms with E-state index in [0.717, 1.165) is 42.1 Å². The van der Waals surface area contributed by atoms with Crippen LogP contribution in [0.25, 0.3) is 11.2 Å². The molecule has 3 heterocycles. The monoisotopic (exact) mass is 249 g/mol. The zero-order chi connectivity index (χ0) is 11.8. The van der Waals surface area contributed by atoms with E-state index in [9.17, 15) is 0 Å². The van der Waals surface area contributed by atoms with Crippen LogP contribution in [-0.2, 0) is 11.3 Å². The van der Waals surface area contributed by atoms with Crippen LogP contribution in [0.4, 0.5) is 0 Å². The standard InChI is InChI=1S/C12H15N3OS/c1-8-2-4-13-11-10(8)14-12(17)15(11)6-9-3-5-16-7-9/h2,4,9H,3,5-7H2,1H3,(H,14,17). The summed E-state index contributed by atoms with van der Waals surface area (Å²) in [7, 11) is 0. The smallest absolute Gasteiger partial charge is 0.179 e. The highest BCUT2D eigenvalue weighted by Crippen LogP contribution is 2.20. The van der Waals surface area contributed by atoms with Gasteiger partial charge in [0.1, 0.15) is 0 Å². The molecule has 1 saturated heterocycles. The van der Waals surface area contributed by atoms with Crippen LogP contribution >= 0.6 is 12.2 Å². The van der Waals surface area contributed by atoms with Gasteiger partial charge in [-0.15, -0.1) is 0 Å². The number of aromatic nitrogens is 3. The quantitative estimate of drug-likeness (QED) is 0.831. The number of nitrogens with zero attached hydrogens (tertiary/aromatic N) is 2. The summed E-state index contributed by atoms with van der Waals surface area (Å²) in [4.78, 5) is 7.67. The number of pyridine rings is 1. The maximum absolute atomic E-state index is 5.40. The second kappa shape index (κ2) is 4.23. The van der Waals surface area contributed by atoms with Crippen molar-refractivity contribution in [1.29, 1.82) is 0 Å². The van der Waals surface area contributed by atoms with E-state index in [4.69, 9.17) is 17.0 Å². The fraction of sp³-hybridized carbons (Fsp3) is 0.500. The number of aryl methyl sites for hydroxylation is 1. The van der Waals surface area contributed by atoms with Crippen LogP contribution in [0.1, 0.15) is 12.0 Å². The lowest BCUT2D eigenvalue weighted by atomic mass is 10.1. The Balaban J connectivity index is 2.06. The van der Waals surface area contributed by atoms with Crippen LogP contribution in [0.3, 0.4) is 0 Å². The Kier molecular flexibility index (Phi) is 2.72. The molecule has 2 aromatic heterocycles. The van der Waals surface area contributed by atoms with E-state index in [-0.39, 0.29) is 0 Å². The molecular formula is C12H15N3OS. The van der Waals surface area contributed by atoms with E-state index < -0.39 is 0 Å². The number of nitrogens with one attached hydrogen (secondary N) is 1. The van der Waals surface area contributed by atoms with Gasteiger partial charge in [0.25, 0.3) is 0 Å². The van der Waals surface area contributed by atoms with Crippen molar-refractivity contribution < 1.29 is 4.74 Å². The largest absolute Gasteiger partial charge is 0.381 e. The van der Waals surface area contributed by atoms with Crippen molar-refractivity contribution in [2.24, 2.45) is 5.92 Å². The minimum atomic E-state index is 0.558. The summed E-state index contributed by atoms with van der Waals surface area (Å²) < 4.78 is 8.26. The normalized spacial score (nSPS) is 20.2. The maximum Gasteiger partial charge on any atom is 0.179 e. The van der Waals surface area contributed by atoms with Gasteiger partial charge in [0.05, 0.1) is 12.1 Å². The van der Waals surface area contributed by atoms with E-state index >= 15 is 0 Å². The second-order valence-corrected chi connectivity index (χ2v) is 4.98. The Hall–Kier alpha value is -1.20. The predicted octanol–water partition coefficient (Wildman–Crippen LogP) is 2.44. The molecule has 17 heavy (non-hydrogen) atoms.